The topological polar surface area (TPSA) is 55.8 Å². The van der Waals surface area contributed by atoms with E-state index in [4.69, 9.17) is 0 Å². The molecule has 7 heteroatoms. The van der Waals surface area contributed by atoms with E-state index in [9.17, 15) is 14.3 Å². The quantitative estimate of drug-likeness (QED) is 0.394. The summed E-state index contributed by atoms with van der Waals surface area (Å²) in [6, 6.07) is 4.77. The fourth-order valence-corrected chi connectivity index (χ4v) is 3.08. The lowest BCUT2D eigenvalue weighted by Gasteiger charge is -2.47. The first-order valence-electron chi connectivity index (χ1n) is 8.88. The summed E-state index contributed by atoms with van der Waals surface area (Å²) >= 11 is 4.09. The van der Waals surface area contributed by atoms with Crippen molar-refractivity contribution in [2.24, 2.45) is 0 Å². The van der Waals surface area contributed by atoms with Gasteiger partial charge >= 0.3 is 0 Å². The number of halogens is 1. The zero-order valence-corrected chi connectivity index (χ0v) is 17.6. The van der Waals surface area contributed by atoms with E-state index in [2.05, 4.69) is 24.5 Å². The van der Waals surface area contributed by atoms with Crippen molar-refractivity contribution in [2.75, 3.05) is 39.0 Å². The third-order valence-corrected chi connectivity index (χ3v) is 4.23. The van der Waals surface area contributed by atoms with Crippen LogP contribution >= 0.6 is 12.6 Å². The first-order chi connectivity index (χ1) is 12.6. The molecule has 1 aromatic carbocycles. The summed E-state index contributed by atoms with van der Waals surface area (Å²) in [5, 5.41) is 14.5. The minimum absolute atomic E-state index is 0.168. The molecule has 5 nitrogen and oxygen atoms in total. The van der Waals surface area contributed by atoms with Crippen LogP contribution < -0.4 is 5.32 Å². The highest BCUT2D eigenvalue weighted by molar-refractivity contribution is 7.83. The van der Waals surface area contributed by atoms with Gasteiger partial charge in [-0.05, 0) is 44.1 Å². The van der Waals surface area contributed by atoms with Gasteiger partial charge in [0, 0.05) is 6.54 Å². The summed E-state index contributed by atoms with van der Waals surface area (Å²) in [6.45, 7) is 10.5. The summed E-state index contributed by atoms with van der Waals surface area (Å²) in [5.74, 6) is -0.735. The van der Waals surface area contributed by atoms with Gasteiger partial charge in [-0.25, -0.2) is 4.39 Å². The van der Waals surface area contributed by atoms with Crippen molar-refractivity contribution in [1.82, 2.24) is 9.80 Å². The zero-order valence-electron chi connectivity index (χ0n) is 16.7. The summed E-state index contributed by atoms with van der Waals surface area (Å²) in [6.07, 6.45) is 0. The Labute approximate surface area is 167 Å². The normalized spacial score (nSPS) is 15.6. The van der Waals surface area contributed by atoms with Gasteiger partial charge in [-0.3, -0.25) is 4.79 Å². The maximum atomic E-state index is 14.0. The van der Waals surface area contributed by atoms with Crippen molar-refractivity contribution in [3.8, 4) is 0 Å². The number of nitrogens with one attached hydrogen (secondary N) is 1. The van der Waals surface area contributed by atoms with Crippen LogP contribution in [0.2, 0.25) is 0 Å². The molecule has 1 aliphatic heterocycles. The van der Waals surface area contributed by atoms with Crippen LogP contribution in [-0.4, -0.2) is 60.1 Å². The van der Waals surface area contributed by atoms with Crippen molar-refractivity contribution >= 4 is 24.2 Å². The molecule has 0 bridgehead atoms. The average molecular weight is 396 g/mol. The standard InChI is InChI=1S/C18H24FN3O2S.C2H6/c1-12-5-6-15(14(19)7-12)20-16(8-25)13(2)17(23)22-10-18(24,11-22)9-21(3)4;1-2/h5-8,20,24-25H,2,9-11H2,1,3-4H3;1-2H3/b16-8+;. The van der Waals surface area contributed by atoms with E-state index in [0.717, 1.165) is 5.56 Å². The molecule has 0 radical (unpaired) electrons. The molecule has 1 aliphatic rings. The number of β-amino-alcohol motifs (C(OH)–C–C–N with tert-alkyl or cyclic N) is 1. The monoisotopic (exact) mass is 395 g/mol. The molecule has 1 heterocycles. The van der Waals surface area contributed by atoms with Crippen LogP contribution in [0.5, 0.6) is 0 Å². The largest absolute Gasteiger partial charge is 0.385 e. The Balaban J connectivity index is 0.00000176. The molecule has 0 unspecified atom stereocenters. The van der Waals surface area contributed by atoms with Gasteiger partial charge < -0.3 is 20.2 Å². The number of amides is 1. The number of anilines is 1. The average Bonchev–Trinajstić information content (AvgIpc) is 2.59. The number of hydrogen-bond acceptors (Lipinski definition) is 5. The Hall–Kier alpha value is -1.83. The Kier molecular flexibility index (Phi) is 8.53. The third kappa shape index (κ3) is 6.09. The molecule has 2 rings (SSSR count). The highest BCUT2D eigenvalue weighted by atomic mass is 32.1. The predicted octanol–water partition coefficient (Wildman–Crippen LogP) is 3.03. The molecule has 1 amide bonds. The van der Waals surface area contributed by atoms with Gasteiger partial charge in [-0.15, -0.1) is 12.6 Å². The smallest absolute Gasteiger partial charge is 0.255 e. The molecule has 27 heavy (non-hydrogen) atoms. The van der Waals surface area contributed by atoms with Crippen LogP contribution in [0.1, 0.15) is 19.4 Å². The number of carbonyl (C=O) groups is 1. The highest BCUT2D eigenvalue weighted by Gasteiger charge is 2.44. The molecule has 1 saturated heterocycles. The molecule has 0 spiro atoms. The molecule has 2 N–H and O–H groups in total. The van der Waals surface area contributed by atoms with Crippen molar-refractivity contribution < 1.29 is 14.3 Å². The maximum Gasteiger partial charge on any atom is 0.255 e. The number of nitrogens with zero attached hydrogens (tertiary/aromatic N) is 2. The first kappa shape index (κ1) is 23.2. The Morgan fingerprint density at radius 3 is 2.52 bits per heavy atom. The van der Waals surface area contributed by atoms with Crippen molar-refractivity contribution in [3.63, 3.8) is 0 Å². The van der Waals surface area contributed by atoms with Gasteiger partial charge in [0.2, 0.25) is 0 Å². The van der Waals surface area contributed by atoms with Crippen LogP contribution in [0.3, 0.4) is 0 Å². The minimum atomic E-state index is -0.902. The first-order valence-corrected chi connectivity index (χ1v) is 9.40. The molecule has 1 aromatic rings. The molecule has 0 aliphatic carbocycles. The number of likely N-dealkylation sites (N-methyl/N-ethyl adjacent to an activating group) is 1. The van der Waals surface area contributed by atoms with Gasteiger partial charge in [-0.2, -0.15) is 0 Å². The van der Waals surface area contributed by atoms with Gasteiger partial charge in [0.25, 0.3) is 5.91 Å². The molecule has 1 fully saturated rings. The molecular weight excluding hydrogens is 365 g/mol. The van der Waals surface area contributed by atoms with Crippen LogP contribution in [0.25, 0.3) is 0 Å². The second-order valence-electron chi connectivity index (χ2n) is 6.75. The van der Waals surface area contributed by atoms with E-state index in [-0.39, 0.29) is 30.3 Å². The lowest BCUT2D eigenvalue weighted by atomic mass is 9.92. The van der Waals surface area contributed by atoms with E-state index in [1.54, 1.807) is 19.1 Å². The molecular formula is C20H30FN3O2S. The zero-order chi connectivity index (χ0) is 20.8. The van der Waals surface area contributed by atoms with Crippen molar-refractivity contribution in [3.05, 3.63) is 52.8 Å². The Morgan fingerprint density at radius 1 is 1.44 bits per heavy atom. The van der Waals surface area contributed by atoms with E-state index in [1.807, 2.05) is 32.8 Å². The molecule has 150 valence electrons. The molecule has 0 atom stereocenters. The number of benzene rings is 1. The Bertz CT molecular complexity index is 713. The van der Waals surface area contributed by atoms with Crippen LogP contribution in [0, 0.1) is 12.7 Å². The number of aryl methyl sites for hydroxylation is 1. The maximum absolute atomic E-state index is 14.0. The SMILES string of the molecule is C=C(C(=O)N1CC(O)(CN(C)C)C1)/C(=C\S)Nc1ccc(C)cc1F.CC. The highest BCUT2D eigenvalue weighted by Crippen LogP contribution is 2.26. The van der Waals surface area contributed by atoms with Crippen LogP contribution in [0.4, 0.5) is 10.1 Å². The third-order valence-electron chi connectivity index (χ3n) is 3.97. The fourth-order valence-electron chi connectivity index (χ4n) is 2.85. The minimum Gasteiger partial charge on any atom is -0.385 e. The van der Waals surface area contributed by atoms with Crippen LogP contribution in [-0.2, 0) is 4.79 Å². The lowest BCUT2D eigenvalue weighted by molar-refractivity contribution is -0.153. The summed E-state index contributed by atoms with van der Waals surface area (Å²) in [4.78, 5) is 15.9. The number of aliphatic hydroxyl groups is 1. The summed E-state index contributed by atoms with van der Waals surface area (Å²) in [5.41, 5.74) is 0.629. The Morgan fingerprint density at radius 2 is 2.04 bits per heavy atom. The lowest BCUT2D eigenvalue weighted by Crippen LogP contribution is -2.67. The number of likely N-dealkylation sites (tertiary alicyclic amines) is 1. The van der Waals surface area contributed by atoms with Crippen LogP contribution in [0.15, 0.2) is 41.5 Å². The van der Waals surface area contributed by atoms with Crippen molar-refractivity contribution in [1.29, 1.82) is 0 Å². The van der Waals surface area contributed by atoms with E-state index < -0.39 is 11.4 Å². The summed E-state index contributed by atoms with van der Waals surface area (Å²) < 4.78 is 14.0. The summed E-state index contributed by atoms with van der Waals surface area (Å²) in [7, 11) is 3.73. The predicted molar refractivity (Wildman–Crippen MR) is 112 cm³/mol. The van der Waals surface area contributed by atoms with Gasteiger partial charge in [0.1, 0.15) is 11.4 Å². The number of hydrogen-bond donors (Lipinski definition) is 3. The van der Waals surface area contributed by atoms with Crippen molar-refractivity contribution in [2.45, 2.75) is 26.4 Å². The second kappa shape index (κ2) is 9.92. The molecule has 0 aromatic heterocycles. The van der Waals surface area contributed by atoms with Gasteiger partial charge in [0.05, 0.1) is 30.0 Å². The van der Waals surface area contributed by atoms with E-state index in [1.165, 1.54) is 16.4 Å². The number of carbonyl (C=O) groups excluding carboxylic acids is 1. The fraction of sp³-hybridized carbons (Fsp3) is 0.450. The van der Waals surface area contributed by atoms with E-state index in [0.29, 0.717) is 12.2 Å². The van der Waals surface area contributed by atoms with E-state index >= 15 is 0 Å². The molecule has 0 saturated carbocycles. The number of rotatable bonds is 6. The van der Waals surface area contributed by atoms with Gasteiger partial charge in [-0.1, -0.05) is 26.5 Å². The van der Waals surface area contributed by atoms with Gasteiger partial charge in [0.15, 0.2) is 0 Å². The second-order valence-corrected chi connectivity index (χ2v) is 7.01. The number of thiol groups is 1.